The third-order valence-corrected chi connectivity index (χ3v) is 2.99. The van der Waals surface area contributed by atoms with E-state index in [1.165, 1.54) is 45.4 Å². The van der Waals surface area contributed by atoms with E-state index in [0.29, 0.717) is 0 Å². The number of hydrogen-bond acceptors (Lipinski definition) is 3. The van der Waals surface area contributed by atoms with Gasteiger partial charge in [0, 0.05) is 32.2 Å². The minimum atomic E-state index is -5.08. The Morgan fingerprint density at radius 1 is 1.24 bits per heavy atom. The standard InChI is InChI=1S/C8H16N2.C2HF3O2/c1-2-8(3-1)10-6-4-9-5-7-10;3-2(4,5)1(6)7/h8-9H,1-7H2;(H,6,7). The van der Waals surface area contributed by atoms with Gasteiger partial charge in [-0.15, -0.1) is 0 Å². The zero-order valence-corrected chi connectivity index (χ0v) is 9.46. The van der Waals surface area contributed by atoms with Crippen LogP contribution in [0.3, 0.4) is 0 Å². The van der Waals surface area contributed by atoms with Crippen LogP contribution in [0.25, 0.3) is 0 Å². The molecule has 0 radical (unpaired) electrons. The van der Waals surface area contributed by atoms with E-state index in [1.54, 1.807) is 0 Å². The first-order chi connectivity index (χ1) is 7.91. The van der Waals surface area contributed by atoms with Crippen molar-refractivity contribution in [3.63, 3.8) is 0 Å². The maximum Gasteiger partial charge on any atom is 0.490 e. The van der Waals surface area contributed by atoms with E-state index in [2.05, 4.69) is 10.2 Å². The molecule has 7 heteroatoms. The molecule has 0 atom stereocenters. The highest BCUT2D eigenvalue weighted by molar-refractivity contribution is 5.73. The summed E-state index contributed by atoms with van der Waals surface area (Å²) in [6, 6.07) is 0.960. The largest absolute Gasteiger partial charge is 0.490 e. The maximum absolute atomic E-state index is 10.6. The van der Waals surface area contributed by atoms with Crippen LogP contribution >= 0.6 is 0 Å². The molecule has 2 rings (SSSR count). The molecule has 100 valence electrons. The van der Waals surface area contributed by atoms with Gasteiger partial charge in [-0.3, -0.25) is 4.90 Å². The zero-order valence-electron chi connectivity index (χ0n) is 9.46. The molecule has 1 saturated heterocycles. The average Bonchev–Trinajstić information content (AvgIpc) is 2.16. The molecule has 0 bridgehead atoms. The van der Waals surface area contributed by atoms with Crippen molar-refractivity contribution in [1.29, 1.82) is 0 Å². The normalized spacial score (nSPS) is 22.3. The van der Waals surface area contributed by atoms with Crippen molar-refractivity contribution in [2.24, 2.45) is 0 Å². The van der Waals surface area contributed by atoms with Gasteiger partial charge in [0.15, 0.2) is 0 Å². The molecular weight excluding hydrogens is 237 g/mol. The van der Waals surface area contributed by atoms with Gasteiger partial charge in [-0.1, -0.05) is 6.42 Å². The number of nitrogens with one attached hydrogen (secondary N) is 1. The topological polar surface area (TPSA) is 52.6 Å². The summed E-state index contributed by atoms with van der Waals surface area (Å²) in [6.45, 7) is 4.97. The Morgan fingerprint density at radius 2 is 1.71 bits per heavy atom. The molecule has 1 heterocycles. The number of nitrogens with zero attached hydrogens (tertiary/aromatic N) is 1. The first kappa shape index (κ1) is 14.2. The first-order valence-corrected chi connectivity index (χ1v) is 5.66. The lowest BCUT2D eigenvalue weighted by Gasteiger charge is -2.39. The van der Waals surface area contributed by atoms with Gasteiger partial charge >= 0.3 is 12.1 Å². The minimum Gasteiger partial charge on any atom is -0.475 e. The predicted octanol–water partition coefficient (Wildman–Crippen LogP) is 1.08. The van der Waals surface area contributed by atoms with Crippen LogP contribution in [0.15, 0.2) is 0 Å². The fourth-order valence-corrected chi connectivity index (χ4v) is 1.80. The summed E-state index contributed by atoms with van der Waals surface area (Å²) in [5, 5.41) is 10.5. The fourth-order valence-electron chi connectivity index (χ4n) is 1.80. The summed E-state index contributed by atoms with van der Waals surface area (Å²) in [6.07, 6.45) is -0.700. The molecular formula is C10H17F3N2O2. The van der Waals surface area contributed by atoms with E-state index in [0.717, 1.165) is 6.04 Å². The van der Waals surface area contributed by atoms with E-state index in [4.69, 9.17) is 9.90 Å². The SMILES string of the molecule is C1CC(N2CCNCC2)C1.O=C(O)C(F)(F)F. The van der Waals surface area contributed by atoms with Gasteiger partial charge in [0.2, 0.25) is 0 Å². The molecule has 2 aliphatic rings. The minimum absolute atomic E-state index is 0.960. The van der Waals surface area contributed by atoms with Gasteiger partial charge in [-0.2, -0.15) is 13.2 Å². The monoisotopic (exact) mass is 254 g/mol. The molecule has 0 aromatic rings. The first-order valence-electron chi connectivity index (χ1n) is 5.66. The molecule has 17 heavy (non-hydrogen) atoms. The highest BCUT2D eigenvalue weighted by Crippen LogP contribution is 2.24. The van der Waals surface area contributed by atoms with E-state index in [-0.39, 0.29) is 0 Å². The molecule has 0 amide bonds. The van der Waals surface area contributed by atoms with Crippen LogP contribution in [0.5, 0.6) is 0 Å². The number of rotatable bonds is 1. The van der Waals surface area contributed by atoms with E-state index in [1.807, 2.05) is 0 Å². The molecule has 2 N–H and O–H groups in total. The van der Waals surface area contributed by atoms with Gasteiger partial charge in [-0.25, -0.2) is 4.79 Å². The van der Waals surface area contributed by atoms with Crippen molar-refractivity contribution < 1.29 is 23.1 Å². The lowest BCUT2D eigenvalue weighted by molar-refractivity contribution is -0.192. The summed E-state index contributed by atoms with van der Waals surface area (Å²) in [7, 11) is 0. The van der Waals surface area contributed by atoms with E-state index in [9.17, 15) is 13.2 Å². The molecule has 1 saturated carbocycles. The number of alkyl halides is 3. The quantitative estimate of drug-likeness (QED) is 0.735. The zero-order chi connectivity index (χ0) is 12.9. The Balaban J connectivity index is 0.000000185. The number of aliphatic carboxylic acids is 1. The van der Waals surface area contributed by atoms with Gasteiger partial charge in [0.25, 0.3) is 0 Å². The average molecular weight is 254 g/mol. The molecule has 4 nitrogen and oxygen atoms in total. The van der Waals surface area contributed by atoms with Gasteiger partial charge in [-0.05, 0) is 12.8 Å². The van der Waals surface area contributed by atoms with Crippen molar-refractivity contribution >= 4 is 5.97 Å². The van der Waals surface area contributed by atoms with Crippen LogP contribution in [0.2, 0.25) is 0 Å². The molecule has 1 aliphatic heterocycles. The second-order valence-electron chi connectivity index (χ2n) is 4.17. The summed E-state index contributed by atoms with van der Waals surface area (Å²) in [4.78, 5) is 11.5. The number of halogens is 3. The summed E-state index contributed by atoms with van der Waals surface area (Å²) < 4.78 is 31.7. The third kappa shape index (κ3) is 4.91. The van der Waals surface area contributed by atoms with Crippen molar-refractivity contribution in [3.05, 3.63) is 0 Å². The highest BCUT2D eigenvalue weighted by Gasteiger charge is 2.38. The lowest BCUT2D eigenvalue weighted by atomic mass is 9.91. The molecule has 1 aliphatic carbocycles. The molecule has 0 aromatic carbocycles. The van der Waals surface area contributed by atoms with Gasteiger partial charge in [0.1, 0.15) is 0 Å². The fraction of sp³-hybridized carbons (Fsp3) is 0.900. The Morgan fingerprint density at radius 3 is 2.00 bits per heavy atom. The van der Waals surface area contributed by atoms with Gasteiger partial charge in [0.05, 0.1) is 0 Å². The number of carbonyl (C=O) groups is 1. The van der Waals surface area contributed by atoms with Crippen molar-refractivity contribution in [2.45, 2.75) is 31.5 Å². The molecule has 0 spiro atoms. The van der Waals surface area contributed by atoms with E-state index < -0.39 is 12.1 Å². The van der Waals surface area contributed by atoms with Crippen LogP contribution in [0.4, 0.5) is 13.2 Å². The van der Waals surface area contributed by atoms with Crippen molar-refractivity contribution in [3.8, 4) is 0 Å². The Kier molecular flexibility index (Phi) is 5.20. The van der Waals surface area contributed by atoms with Crippen LogP contribution in [-0.4, -0.2) is 54.4 Å². The van der Waals surface area contributed by atoms with Crippen LogP contribution in [-0.2, 0) is 4.79 Å². The number of carboxylic acids is 1. The van der Waals surface area contributed by atoms with Crippen LogP contribution in [0.1, 0.15) is 19.3 Å². The van der Waals surface area contributed by atoms with E-state index >= 15 is 0 Å². The van der Waals surface area contributed by atoms with Gasteiger partial charge < -0.3 is 10.4 Å². The summed E-state index contributed by atoms with van der Waals surface area (Å²) >= 11 is 0. The molecule has 0 unspecified atom stereocenters. The smallest absolute Gasteiger partial charge is 0.475 e. The summed E-state index contributed by atoms with van der Waals surface area (Å²) in [5.41, 5.74) is 0. The Bertz CT molecular complexity index is 248. The Hall–Kier alpha value is -0.820. The number of piperazine rings is 1. The summed E-state index contributed by atoms with van der Waals surface area (Å²) in [5.74, 6) is -2.76. The predicted molar refractivity (Wildman–Crippen MR) is 55.8 cm³/mol. The third-order valence-electron chi connectivity index (χ3n) is 2.99. The lowest BCUT2D eigenvalue weighted by Crippen LogP contribution is -2.50. The second-order valence-corrected chi connectivity index (χ2v) is 4.17. The van der Waals surface area contributed by atoms with Crippen LogP contribution < -0.4 is 5.32 Å². The second kappa shape index (κ2) is 6.20. The number of carboxylic acid groups (broad SMARTS) is 1. The molecule has 2 fully saturated rings. The number of hydrogen-bond donors (Lipinski definition) is 2. The Labute approximate surface area is 97.8 Å². The van der Waals surface area contributed by atoms with Crippen LogP contribution in [0, 0.1) is 0 Å². The maximum atomic E-state index is 10.6. The van der Waals surface area contributed by atoms with Crippen molar-refractivity contribution in [2.75, 3.05) is 26.2 Å². The molecule has 0 aromatic heterocycles. The van der Waals surface area contributed by atoms with Crippen molar-refractivity contribution in [1.82, 2.24) is 10.2 Å². The highest BCUT2D eigenvalue weighted by atomic mass is 19.4.